The van der Waals surface area contributed by atoms with Gasteiger partial charge >= 0.3 is 5.97 Å². The van der Waals surface area contributed by atoms with E-state index in [2.05, 4.69) is 15.6 Å². The zero-order valence-corrected chi connectivity index (χ0v) is 12.9. The summed E-state index contributed by atoms with van der Waals surface area (Å²) in [6, 6.07) is -0.266. The molecular weight excluding hydrogens is 272 g/mol. The highest BCUT2D eigenvalue weighted by Crippen LogP contribution is 2.08. The van der Waals surface area contributed by atoms with Crippen molar-refractivity contribution in [1.82, 2.24) is 20.3 Å². The highest BCUT2D eigenvalue weighted by molar-refractivity contribution is 5.79. The monoisotopic (exact) mass is 296 g/mol. The van der Waals surface area contributed by atoms with Gasteiger partial charge in [-0.1, -0.05) is 12.1 Å². The molecule has 0 radical (unpaired) electrons. The molecule has 2 atom stereocenters. The van der Waals surface area contributed by atoms with E-state index in [1.54, 1.807) is 17.8 Å². The van der Waals surface area contributed by atoms with E-state index in [1.807, 2.05) is 13.8 Å². The number of carbonyl (C=O) groups is 2. The quantitative estimate of drug-likeness (QED) is 0.674. The third-order valence-electron chi connectivity index (χ3n) is 3.41. The van der Waals surface area contributed by atoms with Gasteiger partial charge in [-0.15, -0.1) is 5.10 Å². The molecule has 0 saturated carbocycles. The van der Waals surface area contributed by atoms with E-state index in [4.69, 9.17) is 5.11 Å². The number of carboxylic acids is 1. The highest BCUT2D eigenvalue weighted by Gasteiger charge is 2.17. The fraction of sp³-hybridized carbons (Fsp3) is 0.714. The SMILES string of the molecule is CCC(C)NC(=O)C(C)n1cc(CCCCC(=O)O)nn1. The van der Waals surface area contributed by atoms with E-state index in [0.29, 0.717) is 12.8 Å². The number of carbonyl (C=O) groups excluding carboxylic acids is 1. The van der Waals surface area contributed by atoms with Crippen LogP contribution in [-0.4, -0.2) is 38.0 Å². The fourth-order valence-corrected chi connectivity index (χ4v) is 1.79. The molecule has 0 aliphatic rings. The summed E-state index contributed by atoms with van der Waals surface area (Å²) in [5.41, 5.74) is 0.781. The van der Waals surface area contributed by atoms with Crippen molar-refractivity contribution in [2.75, 3.05) is 0 Å². The van der Waals surface area contributed by atoms with Crippen LogP contribution in [-0.2, 0) is 16.0 Å². The Hall–Kier alpha value is -1.92. The summed E-state index contributed by atoms with van der Waals surface area (Å²) < 4.78 is 1.55. The normalized spacial score (nSPS) is 13.7. The minimum absolute atomic E-state index is 0.0772. The average Bonchev–Trinajstić information content (AvgIpc) is 2.91. The smallest absolute Gasteiger partial charge is 0.303 e. The Morgan fingerprint density at radius 3 is 2.71 bits per heavy atom. The summed E-state index contributed by atoms with van der Waals surface area (Å²) in [6.45, 7) is 5.75. The standard InChI is InChI=1S/C14H24N4O3/c1-4-10(2)15-14(21)11(3)18-9-12(16-17-18)7-5-6-8-13(19)20/h9-11H,4-8H2,1-3H3,(H,15,21)(H,19,20). The molecule has 21 heavy (non-hydrogen) atoms. The van der Waals surface area contributed by atoms with Crippen molar-refractivity contribution in [3.63, 3.8) is 0 Å². The van der Waals surface area contributed by atoms with Gasteiger partial charge in [-0.25, -0.2) is 4.68 Å². The van der Waals surface area contributed by atoms with Gasteiger partial charge in [0.2, 0.25) is 5.91 Å². The lowest BCUT2D eigenvalue weighted by Gasteiger charge is -2.15. The molecule has 1 aromatic rings. The average molecular weight is 296 g/mol. The minimum atomic E-state index is -0.783. The van der Waals surface area contributed by atoms with Crippen LogP contribution in [0.3, 0.4) is 0 Å². The number of aryl methyl sites for hydroxylation is 1. The van der Waals surface area contributed by atoms with Crippen LogP contribution >= 0.6 is 0 Å². The van der Waals surface area contributed by atoms with Crippen molar-refractivity contribution < 1.29 is 14.7 Å². The predicted molar refractivity (Wildman–Crippen MR) is 77.8 cm³/mol. The summed E-state index contributed by atoms with van der Waals surface area (Å²) in [4.78, 5) is 22.4. The summed E-state index contributed by atoms with van der Waals surface area (Å²) in [5.74, 6) is -0.860. The summed E-state index contributed by atoms with van der Waals surface area (Å²) >= 11 is 0. The molecule has 0 bridgehead atoms. The molecule has 118 valence electrons. The van der Waals surface area contributed by atoms with Gasteiger partial charge in [0, 0.05) is 18.7 Å². The van der Waals surface area contributed by atoms with Gasteiger partial charge in [0.25, 0.3) is 0 Å². The molecule has 7 heteroatoms. The number of rotatable bonds is 9. The maximum absolute atomic E-state index is 12.0. The van der Waals surface area contributed by atoms with Crippen LogP contribution in [0.5, 0.6) is 0 Å². The molecule has 0 spiro atoms. The van der Waals surface area contributed by atoms with Crippen LogP contribution in [0.4, 0.5) is 0 Å². The Kier molecular flexibility index (Phi) is 6.84. The first-order valence-corrected chi connectivity index (χ1v) is 7.37. The van der Waals surface area contributed by atoms with Crippen molar-refractivity contribution in [3.8, 4) is 0 Å². The Morgan fingerprint density at radius 2 is 2.10 bits per heavy atom. The topological polar surface area (TPSA) is 97.1 Å². The number of hydrogen-bond acceptors (Lipinski definition) is 4. The maximum atomic E-state index is 12.0. The molecule has 0 fully saturated rings. The molecular formula is C14H24N4O3. The molecule has 7 nitrogen and oxygen atoms in total. The van der Waals surface area contributed by atoms with Gasteiger partial charge in [-0.3, -0.25) is 9.59 Å². The lowest BCUT2D eigenvalue weighted by Crippen LogP contribution is -2.37. The van der Waals surface area contributed by atoms with Crippen molar-refractivity contribution in [1.29, 1.82) is 0 Å². The van der Waals surface area contributed by atoms with Gasteiger partial charge in [0.05, 0.1) is 5.69 Å². The molecule has 0 aliphatic carbocycles. The van der Waals surface area contributed by atoms with Crippen molar-refractivity contribution in [2.24, 2.45) is 0 Å². The first-order chi connectivity index (χ1) is 9.93. The first-order valence-electron chi connectivity index (χ1n) is 7.37. The number of nitrogens with zero attached hydrogens (tertiary/aromatic N) is 3. The first kappa shape index (κ1) is 17.1. The lowest BCUT2D eigenvalue weighted by molar-refractivity contribution is -0.137. The summed E-state index contributed by atoms with van der Waals surface area (Å²) in [6.07, 6.45) is 4.84. The van der Waals surface area contributed by atoms with E-state index < -0.39 is 12.0 Å². The molecule has 1 amide bonds. The second-order valence-electron chi connectivity index (χ2n) is 5.28. The predicted octanol–water partition coefficient (Wildman–Crippen LogP) is 1.55. The number of aliphatic carboxylic acids is 1. The molecule has 0 saturated heterocycles. The number of unbranched alkanes of at least 4 members (excludes halogenated alkanes) is 1. The maximum Gasteiger partial charge on any atom is 0.303 e. The number of carboxylic acid groups (broad SMARTS) is 1. The van der Waals surface area contributed by atoms with Crippen LogP contribution in [0.15, 0.2) is 6.20 Å². The van der Waals surface area contributed by atoms with Crippen LogP contribution in [0.1, 0.15) is 58.2 Å². The van der Waals surface area contributed by atoms with E-state index in [9.17, 15) is 9.59 Å². The molecule has 0 aliphatic heterocycles. The van der Waals surface area contributed by atoms with Crippen LogP contribution in [0.2, 0.25) is 0 Å². The van der Waals surface area contributed by atoms with Gasteiger partial charge in [-0.05, 0) is 39.5 Å². The number of hydrogen-bond donors (Lipinski definition) is 2. The molecule has 1 rings (SSSR count). The fourth-order valence-electron chi connectivity index (χ4n) is 1.79. The summed E-state index contributed by atoms with van der Waals surface area (Å²) in [5, 5.41) is 19.5. The molecule has 2 unspecified atom stereocenters. The van der Waals surface area contributed by atoms with E-state index >= 15 is 0 Å². The third-order valence-corrected chi connectivity index (χ3v) is 3.41. The zero-order chi connectivity index (χ0) is 15.8. The Balaban J connectivity index is 2.46. The minimum Gasteiger partial charge on any atom is -0.481 e. The molecule has 0 aromatic carbocycles. The number of nitrogens with one attached hydrogen (secondary N) is 1. The van der Waals surface area contributed by atoms with E-state index in [-0.39, 0.29) is 18.4 Å². The van der Waals surface area contributed by atoms with Crippen LogP contribution in [0, 0.1) is 0 Å². The molecule has 2 N–H and O–H groups in total. The van der Waals surface area contributed by atoms with Gasteiger partial charge < -0.3 is 10.4 Å². The zero-order valence-electron chi connectivity index (χ0n) is 12.9. The van der Waals surface area contributed by atoms with Gasteiger partial charge in [0.1, 0.15) is 6.04 Å². The van der Waals surface area contributed by atoms with Crippen molar-refractivity contribution in [2.45, 2.75) is 65.0 Å². The lowest BCUT2D eigenvalue weighted by atomic mass is 10.1. The van der Waals surface area contributed by atoms with Gasteiger partial charge in [0.15, 0.2) is 0 Å². The molecule has 1 heterocycles. The van der Waals surface area contributed by atoms with E-state index in [0.717, 1.165) is 18.5 Å². The summed E-state index contributed by atoms with van der Waals surface area (Å²) in [7, 11) is 0. The number of amides is 1. The number of aromatic nitrogens is 3. The molecule has 1 aromatic heterocycles. The second kappa shape index (κ2) is 8.39. The second-order valence-corrected chi connectivity index (χ2v) is 5.28. The Bertz CT molecular complexity index is 473. The largest absolute Gasteiger partial charge is 0.481 e. The van der Waals surface area contributed by atoms with Crippen molar-refractivity contribution >= 4 is 11.9 Å². The third kappa shape index (κ3) is 5.93. The Morgan fingerprint density at radius 1 is 1.38 bits per heavy atom. The van der Waals surface area contributed by atoms with Crippen molar-refractivity contribution in [3.05, 3.63) is 11.9 Å². The Labute approximate surface area is 124 Å². The van der Waals surface area contributed by atoms with Crippen LogP contribution < -0.4 is 5.32 Å². The highest BCUT2D eigenvalue weighted by atomic mass is 16.4. The van der Waals surface area contributed by atoms with E-state index in [1.165, 1.54) is 0 Å². The van der Waals surface area contributed by atoms with Gasteiger partial charge in [-0.2, -0.15) is 0 Å². The van der Waals surface area contributed by atoms with Crippen LogP contribution in [0.25, 0.3) is 0 Å².